The molecule has 0 aliphatic carbocycles. The molecule has 0 bridgehead atoms. The van der Waals surface area contributed by atoms with Crippen LogP contribution in [-0.4, -0.2) is 22.5 Å². The van der Waals surface area contributed by atoms with Crippen molar-refractivity contribution in [2.75, 3.05) is 6.54 Å². The van der Waals surface area contributed by atoms with E-state index in [0.717, 1.165) is 43.5 Å². The van der Waals surface area contributed by atoms with Crippen molar-refractivity contribution in [2.45, 2.75) is 64.2 Å². The van der Waals surface area contributed by atoms with Crippen LogP contribution in [0.1, 0.15) is 74.7 Å². The number of carboxylic acids is 1. The Morgan fingerprint density at radius 3 is 2.28 bits per heavy atom. The van der Waals surface area contributed by atoms with Gasteiger partial charge in [0.2, 0.25) is 0 Å². The van der Waals surface area contributed by atoms with Crippen molar-refractivity contribution in [3.05, 3.63) is 71.3 Å². The number of hydrogen-bond donors (Lipinski definition) is 1. The molecule has 0 aromatic heterocycles. The molecule has 3 rings (SSSR count). The minimum Gasteiger partial charge on any atom is -0.481 e. The zero-order valence-electron chi connectivity index (χ0n) is 18.7. The Hall–Kier alpha value is -2.34. The van der Waals surface area contributed by atoms with Crippen molar-refractivity contribution in [2.24, 2.45) is 11.8 Å². The van der Waals surface area contributed by atoms with E-state index in [9.17, 15) is 23.1 Å². The molecule has 0 unspecified atom stereocenters. The molecule has 32 heavy (non-hydrogen) atoms. The zero-order chi connectivity index (χ0) is 23.3. The summed E-state index contributed by atoms with van der Waals surface area (Å²) in [5, 5.41) is 9.31. The zero-order valence-corrected chi connectivity index (χ0v) is 18.7. The first-order chi connectivity index (χ1) is 15.1. The van der Waals surface area contributed by atoms with Crippen molar-refractivity contribution >= 4 is 5.97 Å². The molecule has 3 nitrogen and oxygen atoms in total. The number of alkyl halides is 3. The van der Waals surface area contributed by atoms with Crippen molar-refractivity contribution in [1.82, 2.24) is 4.90 Å². The Kier molecular flexibility index (Phi) is 7.99. The number of nitrogens with zero attached hydrogens (tertiary/aromatic N) is 1. The third-order valence-corrected chi connectivity index (χ3v) is 6.44. The molecule has 6 heteroatoms. The van der Waals surface area contributed by atoms with Crippen molar-refractivity contribution in [3.8, 4) is 0 Å². The second-order valence-corrected chi connectivity index (χ2v) is 9.26. The molecule has 1 N–H and O–H groups in total. The highest BCUT2D eigenvalue weighted by Crippen LogP contribution is 2.43. The molecule has 0 saturated carbocycles. The van der Waals surface area contributed by atoms with Gasteiger partial charge in [-0.1, -0.05) is 56.3 Å². The highest BCUT2D eigenvalue weighted by atomic mass is 19.4. The number of piperidine rings is 1. The summed E-state index contributed by atoms with van der Waals surface area (Å²) in [5.74, 6) is -0.276. The number of aliphatic carboxylic acids is 1. The Morgan fingerprint density at radius 1 is 1.06 bits per heavy atom. The summed E-state index contributed by atoms with van der Waals surface area (Å²) >= 11 is 0. The predicted molar refractivity (Wildman–Crippen MR) is 119 cm³/mol. The molecule has 2 aromatic carbocycles. The minimum absolute atomic E-state index is 0.0116. The van der Waals surface area contributed by atoms with Crippen molar-refractivity contribution < 1.29 is 23.1 Å². The summed E-state index contributed by atoms with van der Waals surface area (Å²) in [6, 6.07) is 15.7. The maximum atomic E-state index is 13.1. The van der Waals surface area contributed by atoms with Gasteiger partial charge in [-0.15, -0.1) is 0 Å². The average Bonchev–Trinajstić information content (AvgIpc) is 2.74. The Labute approximate surface area is 188 Å². The van der Waals surface area contributed by atoms with E-state index in [4.69, 9.17) is 0 Å². The van der Waals surface area contributed by atoms with Gasteiger partial charge >= 0.3 is 12.1 Å². The molecule has 1 aliphatic rings. The summed E-state index contributed by atoms with van der Waals surface area (Å²) < 4.78 is 39.3. The first kappa shape index (κ1) is 24.3. The van der Waals surface area contributed by atoms with Gasteiger partial charge in [-0.05, 0) is 67.3 Å². The van der Waals surface area contributed by atoms with Crippen LogP contribution in [0.25, 0.3) is 0 Å². The third kappa shape index (κ3) is 6.35. The molecule has 1 fully saturated rings. The van der Waals surface area contributed by atoms with Crippen molar-refractivity contribution in [1.29, 1.82) is 0 Å². The SMILES string of the molecule is CC(C)CC[C@H](c1ccccc1)N1CC[C@@H](CC(=O)O)C[C@H]1c1ccc(C(F)(F)F)cc1. The maximum Gasteiger partial charge on any atom is 0.416 e. The van der Waals surface area contributed by atoms with E-state index in [1.54, 1.807) is 12.1 Å². The van der Waals surface area contributed by atoms with Gasteiger partial charge in [0, 0.05) is 18.5 Å². The summed E-state index contributed by atoms with van der Waals surface area (Å²) in [5.41, 5.74) is 1.35. The molecular weight excluding hydrogens is 415 g/mol. The number of benzene rings is 2. The molecule has 1 heterocycles. The average molecular weight is 448 g/mol. The number of likely N-dealkylation sites (tertiary alicyclic amines) is 1. The van der Waals surface area contributed by atoms with Crippen LogP contribution in [0.5, 0.6) is 0 Å². The van der Waals surface area contributed by atoms with Crippen LogP contribution >= 0.6 is 0 Å². The highest BCUT2D eigenvalue weighted by Gasteiger charge is 2.36. The largest absolute Gasteiger partial charge is 0.481 e. The molecule has 1 aliphatic heterocycles. The smallest absolute Gasteiger partial charge is 0.416 e. The summed E-state index contributed by atoms with van der Waals surface area (Å²) in [6.07, 6.45) is -0.901. The Morgan fingerprint density at radius 2 is 1.72 bits per heavy atom. The van der Waals surface area contributed by atoms with Gasteiger partial charge in [-0.3, -0.25) is 9.69 Å². The van der Waals surface area contributed by atoms with Gasteiger partial charge in [0.15, 0.2) is 0 Å². The quantitative estimate of drug-likeness (QED) is 0.469. The Bertz CT molecular complexity index is 865. The molecule has 0 radical (unpaired) electrons. The topological polar surface area (TPSA) is 40.5 Å². The lowest BCUT2D eigenvalue weighted by Gasteiger charge is -2.44. The number of carboxylic acid groups (broad SMARTS) is 1. The lowest BCUT2D eigenvalue weighted by Crippen LogP contribution is -2.40. The van der Waals surface area contributed by atoms with Crippen LogP contribution in [0.3, 0.4) is 0 Å². The summed E-state index contributed by atoms with van der Waals surface area (Å²) in [7, 11) is 0. The normalized spacial score (nSPS) is 20.9. The van der Waals surface area contributed by atoms with Crippen LogP contribution in [0.4, 0.5) is 13.2 Å². The van der Waals surface area contributed by atoms with Gasteiger partial charge < -0.3 is 5.11 Å². The molecule has 1 saturated heterocycles. The van der Waals surface area contributed by atoms with Crippen LogP contribution < -0.4 is 0 Å². The summed E-state index contributed by atoms with van der Waals surface area (Å²) in [6.45, 7) is 5.10. The van der Waals surface area contributed by atoms with E-state index in [1.807, 2.05) is 18.2 Å². The van der Waals surface area contributed by atoms with E-state index >= 15 is 0 Å². The van der Waals surface area contributed by atoms with Crippen LogP contribution in [-0.2, 0) is 11.0 Å². The molecular formula is C26H32F3NO2. The molecule has 174 valence electrons. The lowest BCUT2D eigenvalue weighted by atomic mass is 9.82. The van der Waals surface area contributed by atoms with Gasteiger partial charge in [-0.25, -0.2) is 0 Å². The van der Waals surface area contributed by atoms with E-state index in [1.165, 1.54) is 5.56 Å². The number of hydrogen-bond acceptors (Lipinski definition) is 2. The molecule has 2 aromatic rings. The predicted octanol–water partition coefficient (Wildman–Crippen LogP) is 7.11. The maximum absolute atomic E-state index is 13.1. The van der Waals surface area contributed by atoms with Gasteiger partial charge in [-0.2, -0.15) is 13.2 Å². The van der Waals surface area contributed by atoms with Gasteiger partial charge in [0.25, 0.3) is 0 Å². The fraction of sp³-hybridized carbons (Fsp3) is 0.500. The van der Waals surface area contributed by atoms with Gasteiger partial charge in [0.1, 0.15) is 0 Å². The highest BCUT2D eigenvalue weighted by molar-refractivity contribution is 5.67. The van der Waals surface area contributed by atoms with Crippen molar-refractivity contribution in [3.63, 3.8) is 0 Å². The fourth-order valence-electron chi connectivity index (χ4n) is 4.77. The minimum atomic E-state index is -4.37. The van der Waals surface area contributed by atoms with E-state index in [2.05, 4.69) is 30.9 Å². The molecule has 0 spiro atoms. The Balaban J connectivity index is 1.95. The van der Waals surface area contributed by atoms with Crippen LogP contribution in [0.15, 0.2) is 54.6 Å². The summed E-state index contributed by atoms with van der Waals surface area (Å²) in [4.78, 5) is 13.7. The van der Waals surface area contributed by atoms with E-state index < -0.39 is 17.7 Å². The van der Waals surface area contributed by atoms with Crippen LogP contribution in [0, 0.1) is 11.8 Å². The monoisotopic (exact) mass is 447 g/mol. The fourth-order valence-corrected chi connectivity index (χ4v) is 4.77. The van der Waals surface area contributed by atoms with E-state index in [0.29, 0.717) is 12.3 Å². The number of carbonyl (C=O) groups is 1. The van der Waals surface area contributed by atoms with Gasteiger partial charge in [0.05, 0.1) is 5.56 Å². The third-order valence-electron chi connectivity index (χ3n) is 6.44. The lowest BCUT2D eigenvalue weighted by molar-refractivity contribution is -0.139. The van der Waals surface area contributed by atoms with Crippen LogP contribution in [0.2, 0.25) is 0 Å². The molecule has 3 atom stereocenters. The second kappa shape index (κ2) is 10.5. The first-order valence-corrected chi connectivity index (χ1v) is 11.3. The number of halogens is 3. The second-order valence-electron chi connectivity index (χ2n) is 9.26. The molecule has 0 amide bonds. The standard InChI is InChI=1S/C26H32F3NO2/c1-18(2)8-13-23(20-6-4-3-5-7-20)30-15-14-19(17-25(31)32)16-24(30)21-9-11-22(12-10-21)26(27,28)29/h3-7,9-12,18-19,23-24H,8,13-17H2,1-2H3,(H,31,32)/t19-,23-,24+/m1/s1. The first-order valence-electron chi connectivity index (χ1n) is 11.3. The van der Waals surface area contributed by atoms with E-state index in [-0.39, 0.29) is 24.4 Å². The number of rotatable bonds is 8.